The average Bonchev–Trinajstić information content (AvgIpc) is 2.24. The first-order valence-electron chi connectivity index (χ1n) is 4.87. The van der Waals surface area contributed by atoms with Gasteiger partial charge in [0, 0.05) is 11.4 Å². The minimum atomic E-state index is 0.818. The Balaban J connectivity index is 0.000000791. The molecule has 0 bridgehead atoms. The Morgan fingerprint density at radius 2 is 1.71 bits per heavy atom. The second-order valence-corrected chi connectivity index (χ2v) is 2.72. The van der Waals surface area contributed by atoms with Crippen LogP contribution in [0.2, 0.25) is 0 Å². The van der Waals surface area contributed by atoms with Crippen LogP contribution in [-0.2, 0) is 0 Å². The van der Waals surface area contributed by atoms with E-state index in [1.807, 2.05) is 26.0 Å². The highest BCUT2D eigenvalue weighted by Gasteiger charge is 1.90. The van der Waals surface area contributed by atoms with E-state index in [4.69, 9.17) is 0 Å². The molecule has 0 aliphatic heterocycles. The molecule has 0 aliphatic rings. The molecule has 0 aromatic heterocycles. The van der Waals surface area contributed by atoms with E-state index in [2.05, 4.69) is 37.5 Å². The molecule has 14 heavy (non-hydrogen) atoms. The highest BCUT2D eigenvalue weighted by molar-refractivity contribution is 5.50. The van der Waals surface area contributed by atoms with E-state index < -0.39 is 0 Å². The van der Waals surface area contributed by atoms with Gasteiger partial charge >= 0.3 is 0 Å². The van der Waals surface area contributed by atoms with Crippen molar-refractivity contribution in [3.05, 3.63) is 54.8 Å². The van der Waals surface area contributed by atoms with Crippen LogP contribution in [0.5, 0.6) is 0 Å². The summed E-state index contributed by atoms with van der Waals surface area (Å²) in [5.74, 6) is 0. The number of nitrogens with one attached hydrogen (secondary N) is 1. The van der Waals surface area contributed by atoms with Crippen LogP contribution in [0, 0.1) is 6.92 Å². The van der Waals surface area contributed by atoms with Crippen LogP contribution in [0.15, 0.2) is 49.2 Å². The Hall–Kier alpha value is -1.50. The topological polar surface area (TPSA) is 12.0 Å². The third-order valence-electron chi connectivity index (χ3n) is 1.60. The number of aryl methyl sites for hydroxylation is 1. The maximum atomic E-state index is 3.76. The van der Waals surface area contributed by atoms with Crippen molar-refractivity contribution < 1.29 is 0 Å². The standard InChI is InChI=1S/C11H13N.C2H6/c1-4-10(3)12-11-7-5-9(2)6-8-11;1-2/h4-8,12H,1,3H2,2H3;1-2H3. The third-order valence-corrected chi connectivity index (χ3v) is 1.60. The zero-order valence-corrected chi connectivity index (χ0v) is 9.30. The van der Waals surface area contributed by atoms with Gasteiger partial charge in [0.1, 0.15) is 0 Å². The number of anilines is 1. The molecule has 0 amide bonds. The summed E-state index contributed by atoms with van der Waals surface area (Å²) in [6.07, 6.45) is 1.69. The minimum Gasteiger partial charge on any atom is -0.356 e. The summed E-state index contributed by atoms with van der Waals surface area (Å²) in [4.78, 5) is 0. The monoisotopic (exact) mass is 189 g/mol. The van der Waals surface area contributed by atoms with E-state index in [-0.39, 0.29) is 0 Å². The molecule has 1 rings (SSSR count). The van der Waals surface area contributed by atoms with Crippen molar-refractivity contribution in [2.75, 3.05) is 5.32 Å². The first-order valence-corrected chi connectivity index (χ1v) is 4.87. The normalized spacial score (nSPS) is 8.21. The van der Waals surface area contributed by atoms with E-state index in [1.165, 1.54) is 5.56 Å². The fourth-order valence-electron chi connectivity index (χ4n) is 0.873. The Morgan fingerprint density at radius 3 is 2.14 bits per heavy atom. The molecule has 0 heterocycles. The Morgan fingerprint density at radius 1 is 1.21 bits per heavy atom. The van der Waals surface area contributed by atoms with Gasteiger partial charge in [0.2, 0.25) is 0 Å². The van der Waals surface area contributed by atoms with Crippen LogP contribution >= 0.6 is 0 Å². The summed E-state index contributed by atoms with van der Waals surface area (Å²) in [7, 11) is 0. The Labute approximate surface area is 87.2 Å². The van der Waals surface area contributed by atoms with E-state index in [0.717, 1.165) is 11.4 Å². The van der Waals surface area contributed by atoms with Crippen molar-refractivity contribution in [3.8, 4) is 0 Å². The van der Waals surface area contributed by atoms with Crippen LogP contribution in [-0.4, -0.2) is 0 Å². The van der Waals surface area contributed by atoms with Gasteiger partial charge < -0.3 is 5.32 Å². The largest absolute Gasteiger partial charge is 0.356 e. The zero-order chi connectivity index (χ0) is 11.0. The molecule has 0 atom stereocenters. The van der Waals surface area contributed by atoms with Gasteiger partial charge in [-0.2, -0.15) is 0 Å². The summed E-state index contributed by atoms with van der Waals surface area (Å²) >= 11 is 0. The van der Waals surface area contributed by atoms with Gasteiger partial charge in [0.25, 0.3) is 0 Å². The minimum absolute atomic E-state index is 0.818. The van der Waals surface area contributed by atoms with E-state index in [9.17, 15) is 0 Å². The summed E-state index contributed by atoms with van der Waals surface area (Å²) in [5.41, 5.74) is 3.12. The zero-order valence-electron chi connectivity index (χ0n) is 9.30. The number of rotatable bonds is 3. The van der Waals surface area contributed by atoms with Gasteiger partial charge in [0.05, 0.1) is 0 Å². The van der Waals surface area contributed by atoms with Crippen molar-refractivity contribution >= 4 is 5.69 Å². The third kappa shape index (κ3) is 4.51. The van der Waals surface area contributed by atoms with Crippen molar-refractivity contribution in [2.24, 2.45) is 0 Å². The molecule has 0 unspecified atom stereocenters. The number of hydrogen-bond donors (Lipinski definition) is 1. The molecule has 0 fully saturated rings. The van der Waals surface area contributed by atoms with E-state index in [1.54, 1.807) is 6.08 Å². The maximum Gasteiger partial charge on any atom is 0.0384 e. The van der Waals surface area contributed by atoms with Gasteiger partial charge in [-0.25, -0.2) is 0 Å². The van der Waals surface area contributed by atoms with Crippen LogP contribution in [0.4, 0.5) is 5.69 Å². The quantitative estimate of drug-likeness (QED) is 0.705. The first-order chi connectivity index (χ1) is 6.72. The molecule has 1 aromatic carbocycles. The molecular weight excluding hydrogens is 170 g/mol. The highest BCUT2D eigenvalue weighted by atomic mass is 14.9. The number of benzene rings is 1. The van der Waals surface area contributed by atoms with Crippen molar-refractivity contribution in [3.63, 3.8) is 0 Å². The predicted octanol–water partition coefficient (Wildman–Crippen LogP) is 4.13. The lowest BCUT2D eigenvalue weighted by Gasteiger charge is -2.04. The van der Waals surface area contributed by atoms with Crippen LogP contribution < -0.4 is 5.32 Å². The molecule has 0 saturated heterocycles. The fourth-order valence-corrected chi connectivity index (χ4v) is 0.873. The first kappa shape index (κ1) is 12.5. The van der Waals surface area contributed by atoms with Crippen molar-refractivity contribution in [1.82, 2.24) is 0 Å². The van der Waals surface area contributed by atoms with Gasteiger partial charge in [-0.05, 0) is 25.1 Å². The van der Waals surface area contributed by atoms with Gasteiger partial charge in [0.15, 0.2) is 0 Å². The molecule has 1 nitrogen and oxygen atoms in total. The van der Waals surface area contributed by atoms with E-state index in [0.29, 0.717) is 0 Å². The molecule has 1 aromatic rings. The lowest BCUT2D eigenvalue weighted by atomic mass is 10.2. The second-order valence-electron chi connectivity index (χ2n) is 2.72. The van der Waals surface area contributed by atoms with Crippen molar-refractivity contribution in [1.29, 1.82) is 0 Å². The molecule has 0 aliphatic carbocycles. The summed E-state index contributed by atoms with van der Waals surface area (Å²) in [6.45, 7) is 13.4. The Kier molecular flexibility index (Phi) is 6.21. The van der Waals surface area contributed by atoms with Crippen LogP contribution in [0.25, 0.3) is 0 Å². The molecule has 76 valence electrons. The average molecular weight is 189 g/mol. The molecule has 0 saturated carbocycles. The van der Waals surface area contributed by atoms with Crippen LogP contribution in [0.1, 0.15) is 19.4 Å². The lowest BCUT2D eigenvalue weighted by Crippen LogP contribution is -1.93. The summed E-state index contributed by atoms with van der Waals surface area (Å²) in [6, 6.07) is 8.14. The molecule has 0 radical (unpaired) electrons. The summed E-state index contributed by atoms with van der Waals surface area (Å²) < 4.78 is 0. The fraction of sp³-hybridized carbons (Fsp3) is 0.231. The molecule has 1 heteroatoms. The second kappa shape index (κ2) is 6.96. The van der Waals surface area contributed by atoms with E-state index >= 15 is 0 Å². The molecular formula is C13H19N. The molecule has 0 spiro atoms. The Bertz CT molecular complexity index is 283. The highest BCUT2D eigenvalue weighted by Crippen LogP contribution is 2.10. The van der Waals surface area contributed by atoms with Gasteiger partial charge in [-0.15, -0.1) is 0 Å². The number of allylic oxidation sites excluding steroid dienone is 1. The summed E-state index contributed by atoms with van der Waals surface area (Å²) in [5, 5.41) is 3.11. The smallest absolute Gasteiger partial charge is 0.0384 e. The SMILES string of the molecule is C=CC(=C)Nc1ccc(C)cc1.CC. The maximum absolute atomic E-state index is 3.76. The predicted molar refractivity (Wildman–Crippen MR) is 65.5 cm³/mol. The number of hydrogen-bond acceptors (Lipinski definition) is 1. The van der Waals surface area contributed by atoms with Crippen LogP contribution in [0.3, 0.4) is 0 Å². The van der Waals surface area contributed by atoms with Crippen molar-refractivity contribution in [2.45, 2.75) is 20.8 Å². The lowest BCUT2D eigenvalue weighted by molar-refractivity contribution is 1.44. The van der Waals surface area contributed by atoms with Gasteiger partial charge in [-0.1, -0.05) is 44.7 Å². The van der Waals surface area contributed by atoms with Gasteiger partial charge in [-0.3, -0.25) is 0 Å². The molecule has 1 N–H and O–H groups in total.